The Hall–Kier alpha value is -2.56. The minimum Gasteiger partial charge on any atom is -0.379 e. The van der Waals surface area contributed by atoms with Gasteiger partial charge in [-0.25, -0.2) is 13.2 Å². The first kappa shape index (κ1) is 21.2. The number of amides is 1. The zero-order valence-corrected chi connectivity index (χ0v) is 17.4. The summed E-state index contributed by atoms with van der Waals surface area (Å²) >= 11 is 0. The van der Waals surface area contributed by atoms with E-state index in [0.29, 0.717) is 43.4 Å². The second-order valence-corrected chi connectivity index (χ2v) is 8.84. The summed E-state index contributed by atoms with van der Waals surface area (Å²) in [5.41, 5.74) is 1.18. The third-order valence-corrected chi connectivity index (χ3v) is 6.69. The number of sulfonamides is 1. The topological polar surface area (TPSA) is 111 Å². The Balaban J connectivity index is 1.74. The Morgan fingerprint density at radius 3 is 2.38 bits per heavy atom. The van der Waals surface area contributed by atoms with Gasteiger partial charge in [-0.2, -0.15) is 9.29 Å². The Morgan fingerprint density at radius 2 is 1.79 bits per heavy atom. The lowest BCUT2D eigenvalue weighted by Crippen LogP contribution is -2.40. The average Bonchev–Trinajstić information content (AvgIpc) is 2.68. The molecule has 156 valence electrons. The van der Waals surface area contributed by atoms with Crippen LogP contribution in [-0.4, -0.2) is 54.5 Å². The summed E-state index contributed by atoms with van der Waals surface area (Å²) in [5, 5.41) is 2.71. The van der Waals surface area contributed by atoms with E-state index < -0.39 is 27.7 Å². The van der Waals surface area contributed by atoms with Gasteiger partial charge in [-0.05, 0) is 51.1 Å². The molecule has 2 heterocycles. The fourth-order valence-electron chi connectivity index (χ4n) is 3.24. The van der Waals surface area contributed by atoms with Crippen LogP contribution in [0.15, 0.2) is 40.0 Å². The number of hydrogen-bond acceptors (Lipinski definition) is 6. The van der Waals surface area contributed by atoms with Crippen molar-refractivity contribution in [1.82, 2.24) is 13.9 Å². The number of nitrogens with zero attached hydrogens (tertiary/aromatic N) is 3. The maximum Gasteiger partial charge on any atom is 0.348 e. The van der Waals surface area contributed by atoms with Crippen LogP contribution in [0.2, 0.25) is 0 Å². The number of anilines is 1. The van der Waals surface area contributed by atoms with E-state index in [1.807, 2.05) is 0 Å². The summed E-state index contributed by atoms with van der Waals surface area (Å²) in [7, 11) is -3.59. The minimum atomic E-state index is -3.59. The number of benzene rings is 1. The van der Waals surface area contributed by atoms with Crippen molar-refractivity contribution in [2.45, 2.75) is 31.7 Å². The van der Waals surface area contributed by atoms with Crippen LogP contribution < -0.4 is 11.0 Å². The summed E-state index contributed by atoms with van der Waals surface area (Å²) in [6.45, 7) is 6.45. The fraction of sp³-hybridized carbons (Fsp3) is 0.421. The van der Waals surface area contributed by atoms with Gasteiger partial charge in [0, 0.05) is 30.2 Å². The van der Waals surface area contributed by atoms with Crippen molar-refractivity contribution in [2.24, 2.45) is 0 Å². The minimum absolute atomic E-state index is 0.153. The standard InChI is InChI=1S/C19H24N4O5S/c1-13-12-14(2)23(19(25)20-13)15(3)18(24)21-16-4-6-17(7-5-16)29(26,27)22-8-10-28-11-9-22/h4-7,12,15H,8-11H2,1-3H3,(H,21,24). The van der Waals surface area contributed by atoms with Crippen LogP contribution in [0.25, 0.3) is 0 Å². The van der Waals surface area contributed by atoms with Gasteiger partial charge < -0.3 is 10.1 Å². The van der Waals surface area contributed by atoms with Gasteiger partial charge >= 0.3 is 5.69 Å². The SMILES string of the molecule is Cc1cc(C)n(C(C)C(=O)Nc2ccc(S(=O)(=O)N3CCOCC3)cc2)c(=O)n1. The number of hydrogen-bond donors (Lipinski definition) is 1. The molecule has 0 radical (unpaired) electrons. The summed E-state index contributed by atoms with van der Waals surface area (Å²) < 4.78 is 33.2. The van der Waals surface area contributed by atoms with Crippen LogP contribution in [-0.2, 0) is 19.6 Å². The van der Waals surface area contributed by atoms with Crippen molar-refractivity contribution >= 4 is 21.6 Å². The van der Waals surface area contributed by atoms with Crippen molar-refractivity contribution in [1.29, 1.82) is 0 Å². The van der Waals surface area contributed by atoms with Gasteiger partial charge in [0.2, 0.25) is 15.9 Å². The van der Waals surface area contributed by atoms with E-state index >= 15 is 0 Å². The number of morpholine rings is 1. The van der Waals surface area contributed by atoms with E-state index in [-0.39, 0.29) is 4.90 Å². The maximum absolute atomic E-state index is 12.7. The molecule has 1 N–H and O–H groups in total. The van der Waals surface area contributed by atoms with Gasteiger partial charge in [0.15, 0.2) is 0 Å². The summed E-state index contributed by atoms with van der Waals surface area (Å²) in [6, 6.07) is 6.93. The molecule has 0 saturated carbocycles. The normalized spacial score (nSPS) is 16.4. The molecule has 1 aromatic heterocycles. The van der Waals surface area contributed by atoms with Crippen molar-refractivity contribution in [3.63, 3.8) is 0 Å². The van der Waals surface area contributed by atoms with Crippen LogP contribution in [0.1, 0.15) is 24.4 Å². The Kier molecular flexibility index (Phi) is 6.15. The van der Waals surface area contributed by atoms with Crippen LogP contribution >= 0.6 is 0 Å². The highest BCUT2D eigenvalue weighted by Gasteiger charge is 2.26. The molecule has 1 unspecified atom stereocenters. The lowest BCUT2D eigenvalue weighted by molar-refractivity contribution is -0.118. The van der Waals surface area contributed by atoms with E-state index in [1.165, 1.54) is 33.1 Å². The molecule has 1 amide bonds. The predicted molar refractivity (Wildman–Crippen MR) is 107 cm³/mol. The van der Waals surface area contributed by atoms with E-state index in [4.69, 9.17) is 4.74 Å². The molecule has 0 spiro atoms. The molecule has 3 rings (SSSR count). The molecule has 1 aromatic carbocycles. The first-order valence-corrected chi connectivity index (χ1v) is 10.7. The lowest BCUT2D eigenvalue weighted by atomic mass is 10.2. The highest BCUT2D eigenvalue weighted by atomic mass is 32.2. The van der Waals surface area contributed by atoms with Crippen LogP contribution in [0.5, 0.6) is 0 Å². The molecule has 1 aliphatic rings. The third kappa shape index (κ3) is 4.55. The van der Waals surface area contributed by atoms with Crippen molar-refractivity contribution in [2.75, 3.05) is 31.6 Å². The monoisotopic (exact) mass is 420 g/mol. The summed E-state index contributed by atoms with van der Waals surface area (Å²) in [6.07, 6.45) is 0. The van der Waals surface area contributed by atoms with Crippen LogP contribution in [0.3, 0.4) is 0 Å². The molecule has 1 aliphatic heterocycles. The van der Waals surface area contributed by atoms with E-state index in [2.05, 4.69) is 10.3 Å². The molecular formula is C19H24N4O5S. The maximum atomic E-state index is 12.7. The van der Waals surface area contributed by atoms with Crippen LogP contribution in [0.4, 0.5) is 5.69 Å². The molecule has 1 saturated heterocycles. The van der Waals surface area contributed by atoms with Crippen molar-refractivity contribution < 1.29 is 17.9 Å². The highest BCUT2D eigenvalue weighted by Crippen LogP contribution is 2.20. The molecule has 0 bridgehead atoms. The molecular weight excluding hydrogens is 396 g/mol. The van der Waals surface area contributed by atoms with Gasteiger partial charge in [0.25, 0.3) is 0 Å². The summed E-state index contributed by atoms with van der Waals surface area (Å²) in [5.74, 6) is -0.398. The average molecular weight is 420 g/mol. The predicted octanol–water partition coefficient (Wildman–Crippen LogP) is 1.08. The third-order valence-electron chi connectivity index (χ3n) is 4.77. The molecule has 9 nitrogen and oxygen atoms in total. The Morgan fingerprint density at radius 1 is 1.17 bits per heavy atom. The first-order valence-electron chi connectivity index (χ1n) is 9.26. The smallest absolute Gasteiger partial charge is 0.348 e. The largest absolute Gasteiger partial charge is 0.379 e. The molecule has 29 heavy (non-hydrogen) atoms. The molecule has 2 aromatic rings. The second kappa shape index (κ2) is 8.44. The van der Waals surface area contributed by atoms with Gasteiger partial charge in [-0.15, -0.1) is 0 Å². The first-order chi connectivity index (χ1) is 13.7. The van der Waals surface area contributed by atoms with Crippen molar-refractivity contribution in [3.05, 3.63) is 52.2 Å². The number of aromatic nitrogens is 2. The van der Waals surface area contributed by atoms with Crippen LogP contribution in [0, 0.1) is 13.8 Å². The van der Waals surface area contributed by atoms with E-state index in [1.54, 1.807) is 26.8 Å². The zero-order valence-electron chi connectivity index (χ0n) is 16.6. The quantitative estimate of drug-likeness (QED) is 0.775. The van der Waals surface area contributed by atoms with Crippen molar-refractivity contribution in [3.8, 4) is 0 Å². The van der Waals surface area contributed by atoms with E-state index in [0.717, 1.165) is 0 Å². The number of aryl methyl sites for hydroxylation is 2. The Bertz CT molecular complexity index is 1060. The Labute approximate surface area is 169 Å². The number of carbonyl (C=O) groups excluding carboxylic acids is 1. The molecule has 10 heteroatoms. The van der Waals surface area contributed by atoms with Gasteiger partial charge in [-0.3, -0.25) is 9.36 Å². The van der Waals surface area contributed by atoms with Gasteiger partial charge in [0.1, 0.15) is 6.04 Å². The summed E-state index contributed by atoms with van der Waals surface area (Å²) in [4.78, 5) is 28.8. The number of carbonyl (C=O) groups is 1. The fourth-order valence-corrected chi connectivity index (χ4v) is 4.65. The second-order valence-electron chi connectivity index (χ2n) is 6.90. The molecule has 1 fully saturated rings. The molecule has 0 aliphatic carbocycles. The van der Waals surface area contributed by atoms with Gasteiger partial charge in [-0.1, -0.05) is 0 Å². The lowest BCUT2D eigenvalue weighted by Gasteiger charge is -2.26. The van der Waals surface area contributed by atoms with E-state index in [9.17, 15) is 18.0 Å². The number of nitrogens with one attached hydrogen (secondary N) is 1. The molecule has 1 atom stereocenters. The van der Waals surface area contributed by atoms with Gasteiger partial charge in [0.05, 0.1) is 18.1 Å². The highest BCUT2D eigenvalue weighted by molar-refractivity contribution is 7.89. The number of ether oxygens (including phenoxy) is 1. The zero-order chi connectivity index (χ0) is 21.2. The number of rotatable bonds is 5.